The first-order chi connectivity index (χ1) is 5.92. The molecule has 0 bridgehead atoms. The Morgan fingerprint density at radius 2 is 2.33 bits per heavy atom. The summed E-state index contributed by atoms with van der Waals surface area (Å²) in [6.45, 7) is 2.80. The molecule has 0 amide bonds. The van der Waals surface area contributed by atoms with Crippen molar-refractivity contribution < 1.29 is 0 Å². The summed E-state index contributed by atoms with van der Waals surface area (Å²) in [6, 6.07) is 0.796. The maximum atomic E-state index is 3.54. The highest BCUT2D eigenvalue weighted by Crippen LogP contribution is 2.49. The van der Waals surface area contributed by atoms with Crippen molar-refractivity contribution in [3.63, 3.8) is 0 Å². The minimum absolute atomic E-state index is 0.796. The fourth-order valence-electron chi connectivity index (χ4n) is 2.43. The first-order valence-corrected chi connectivity index (χ1v) is 5.05. The van der Waals surface area contributed by atoms with Gasteiger partial charge in [0.25, 0.3) is 0 Å². The molecule has 0 heterocycles. The lowest BCUT2D eigenvalue weighted by atomic mass is 9.95. The number of rotatable bonds is 2. The number of hydrogen-bond acceptors (Lipinski definition) is 1. The van der Waals surface area contributed by atoms with Crippen LogP contribution in [-0.2, 0) is 0 Å². The summed E-state index contributed by atoms with van der Waals surface area (Å²) in [5.74, 6) is 8.08. The lowest BCUT2D eigenvalue weighted by Crippen LogP contribution is -2.33. The van der Waals surface area contributed by atoms with Crippen LogP contribution >= 0.6 is 0 Å². The molecule has 0 aromatic rings. The summed E-state index contributed by atoms with van der Waals surface area (Å²) in [7, 11) is 0. The van der Waals surface area contributed by atoms with E-state index in [1.54, 1.807) is 0 Å². The minimum atomic E-state index is 0.796. The Morgan fingerprint density at radius 1 is 1.42 bits per heavy atom. The summed E-state index contributed by atoms with van der Waals surface area (Å²) in [4.78, 5) is 0. The van der Waals surface area contributed by atoms with Crippen LogP contribution < -0.4 is 5.32 Å². The lowest BCUT2D eigenvalue weighted by Gasteiger charge is -2.21. The predicted molar refractivity (Wildman–Crippen MR) is 50.7 cm³/mol. The summed E-state index contributed by atoms with van der Waals surface area (Å²) >= 11 is 0. The molecule has 0 radical (unpaired) electrons. The Bertz CT molecular complexity index is 211. The van der Waals surface area contributed by atoms with E-state index in [9.17, 15) is 0 Å². The van der Waals surface area contributed by atoms with Crippen molar-refractivity contribution in [3.05, 3.63) is 0 Å². The molecule has 1 nitrogen and oxygen atoms in total. The van der Waals surface area contributed by atoms with Gasteiger partial charge in [0.2, 0.25) is 0 Å². The standard InChI is InChI=1S/C11H17N/c1-2-3-7-12-11-6-4-5-9-8-10(9)11/h9-12H,4-8H2,1H3/t9-,10+,11?/m1/s1. The average molecular weight is 163 g/mol. The molecular weight excluding hydrogens is 146 g/mol. The van der Waals surface area contributed by atoms with E-state index in [0.29, 0.717) is 0 Å². The molecule has 2 saturated carbocycles. The van der Waals surface area contributed by atoms with Crippen molar-refractivity contribution in [2.75, 3.05) is 6.54 Å². The fourth-order valence-corrected chi connectivity index (χ4v) is 2.43. The van der Waals surface area contributed by atoms with Crippen LogP contribution in [0, 0.1) is 23.7 Å². The van der Waals surface area contributed by atoms with Crippen molar-refractivity contribution in [1.29, 1.82) is 0 Å². The van der Waals surface area contributed by atoms with E-state index in [1.165, 1.54) is 25.7 Å². The monoisotopic (exact) mass is 163 g/mol. The van der Waals surface area contributed by atoms with Gasteiger partial charge in [-0.3, -0.25) is 0 Å². The van der Waals surface area contributed by atoms with Gasteiger partial charge in [-0.05, 0) is 31.6 Å². The summed E-state index contributed by atoms with van der Waals surface area (Å²) < 4.78 is 0. The van der Waals surface area contributed by atoms with E-state index in [1.807, 2.05) is 6.92 Å². The lowest BCUT2D eigenvalue weighted by molar-refractivity contribution is 0.366. The molecule has 2 rings (SSSR count). The van der Waals surface area contributed by atoms with Gasteiger partial charge in [0, 0.05) is 6.04 Å². The molecule has 1 heteroatoms. The maximum absolute atomic E-state index is 3.54. The van der Waals surface area contributed by atoms with Gasteiger partial charge < -0.3 is 5.32 Å². The van der Waals surface area contributed by atoms with Gasteiger partial charge in [-0.2, -0.15) is 0 Å². The first kappa shape index (κ1) is 8.13. The zero-order chi connectivity index (χ0) is 8.39. The van der Waals surface area contributed by atoms with Crippen molar-refractivity contribution in [1.82, 2.24) is 5.32 Å². The average Bonchev–Trinajstić information content (AvgIpc) is 2.84. The van der Waals surface area contributed by atoms with E-state index < -0.39 is 0 Å². The Labute approximate surface area is 74.9 Å². The minimum Gasteiger partial charge on any atom is -0.303 e. The van der Waals surface area contributed by atoms with Gasteiger partial charge in [0.15, 0.2) is 0 Å². The molecule has 0 aliphatic heterocycles. The van der Waals surface area contributed by atoms with Crippen molar-refractivity contribution in [3.8, 4) is 11.8 Å². The van der Waals surface area contributed by atoms with E-state index in [2.05, 4.69) is 17.2 Å². The van der Waals surface area contributed by atoms with Crippen LogP contribution in [0.15, 0.2) is 0 Å². The third-order valence-electron chi connectivity index (χ3n) is 3.21. The topological polar surface area (TPSA) is 12.0 Å². The van der Waals surface area contributed by atoms with E-state index in [0.717, 1.165) is 24.4 Å². The quantitative estimate of drug-likeness (QED) is 0.612. The van der Waals surface area contributed by atoms with Crippen molar-refractivity contribution >= 4 is 0 Å². The number of fused-ring (bicyclic) bond motifs is 1. The molecule has 0 spiro atoms. The van der Waals surface area contributed by atoms with Crippen LogP contribution in [0.4, 0.5) is 0 Å². The number of hydrogen-bond donors (Lipinski definition) is 1. The SMILES string of the molecule is CC#CCNC1CCC[C@@H]2C[C@H]12. The van der Waals surface area contributed by atoms with Crippen molar-refractivity contribution in [2.45, 2.75) is 38.6 Å². The highest BCUT2D eigenvalue weighted by atomic mass is 14.9. The highest BCUT2D eigenvalue weighted by molar-refractivity contribution is 5.02. The second kappa shape index (κ2) is 3.49. The molecule has 2 fully saturated rings. The molecule has 0 aromatic heterocycles. The van der Waals surface area contributed by atoms with Gasteiger partial charge in [0.05, 0.1) is 6.54 Å². The molecule has 12 heavy (non-hydrogen) atoms. The van der Waals surface area contributed by atoms with Gasteiger partial charge in [0.1, 0.15) is 0 Å². The molecule has 2 aliphatic rings. The molecule has 1 unspecified atom stereocenters. The second-order valence-electron chi connectivity index (χ2n) is 4.00. The van der Waals surface area contributed by atoms with Crippen LogP contribution in [0.3, 0.4) is 0 Å². The number of nitrogens with one attached hydrogen (secondary N) is 1. The smallest absolute Gasteiger partial charge is 0.0578 e. The zero-order valence-electron chi connectivity index (χ0n) is 7.77. The molecule has 0 saturated heterocycles. The first-order valence-electron chi connectivity index (χ1n) is 5.05. The summed E-state index contributed by atoms with van der Waals surface area (Å²) in [6.07, 6.45) is 5.78. The van der Waals surface area contributed by atoms with Gasteiger partial charge in [-0.1, -0.05) is 18.8 Å². The summed E-state index contributed by atoms with van der Waals surface area (Å²) in [5, 5.41) is 3.54. The Kier molecular flexibility index (Phi) is 2.37. The molecule has 0 aromatic carbocycles. The maximum Gasteiger partial charge on any atom is 0.0578 e. The Hall–Kier alpha value is -0.480. The van der Waals surface area contributed by atoms with Crippen LogP contribution in [0.1, 0.15) is 32.6 Å². The predicted octanol–water partition coefficient (Wildman–Crippen LogP) is 1.79. The van der Waals surface area contributed by atoms with Gasteiger partial charge >= 0.3 is 0 Å². The highest BCUT2D eigenvalue weighted by Gasteiger charge is 2.44. The largest absolute Gasteiger partial charge is 0.303 e. The Balaban J connectivity index is 1.75. The van der Waals surface area contributed by atoms with Gasteiger partial charge in [-0.15, -0.1) is 5.92 Å². The molecule has 1 N–H and O–H groups in total. The van der Waals surface area contributed by atoms with Gasteiger partial charge in [-0.25, -0.2) is 0 Å². The Morgan fingerprint density at radius 3 is 3.17 bits per heavy atom. The van der Waals surface area contributed by atoms with E-state index in [4.69, 9.17) is 0 Å². The van der Waals surface area contributed by atoms with E-state index in [-0.39, 0.29) is 0 Å². The molecule has 66 valence electrons. The molecular formula is C11H17N. The molecule has 3 atom stereocenters. The summed E-state index contributed by atoms with van der Waals surface area (Å²) in [5.41, 5.74) is 0. The van der Waals surface area contributed by atoms with Crippen LogP contribution in [0.5, 0.6) is 0 Å². The third-order valence-corrected chi connectivity index (χ3v) is 3.21. The fraction of sp³-hybridized carbons (Fsp3) is 0.818. The van der Waals surface area contributed by atoms with Crippen LogP contribution in [0.25, 0.3) is 0 Å². The zero-order valence-corrected chi connectivity index (χ0v) is 7.77. The van der Waals surface area contributed by atoms with Crippen molar-refractivity contribution in [2.24, 2.45) is 11.8 Å². The normalized spacial score (nSPS) is 37.9. The van der Waals surface area contributed by atoms with Crippen LogP contribution in [0.2, 0.25) is 0 Å². The van der Waals surface area contributed by atoms with Crippen LogP contribution in [-0.4, -0.2) is 12.6 Å². The molecule has 2 aliphatic carbocycles. The second-order valence-corrected chi connectivity index (χ2v) is 4.00. The third kappa shape index (κ3) is 1.64. The van der Waals surface area contributed by atoms with E-state index >= 15 is 0 Å².